The van der Waals surface area contributed by atoms with Crippen molar-refractivity contribution in [1.29, 1.82) is 0 Å². The van der Waals surface area contributed by atoms with Crippen LogP contribution in [0.1, 0.15) is 108 Å². The van der Waals surface area contributed by atoms with E-state index in [2.05, 4.69) is 31.2 Å². The maximum Gasteiger partial charge on any atom is 0.410 e. The summed E-state index contributed by atoms with van der Waals surface area (Å²) in [5.74, 6) is -1.50. The molecule has 0 spiro atoms. The normalized spacial score (nSPS) is 18.5. The summed E-state index contributed by atoms with van der Waals surface area (Å²) in [6, 6.07) is 18.9. The summed E-state index contributed by atoms with van der Waals surface area (Å²) >= 11 is 0. The van der Waals surface area contributed by atoms with Gasteiger partial charge in [-0.3, -0.25) is 14.4 Å². The molecule has 63 heavy (non-hydrogen) atoms. The number of anilines is 1. The zero-order valence-electron chi connectivity index (χ0n) is 37.2. The summed E-state index contributed by atoms with van der Waals surface area (Å²) in [6.45, 7) is 12.5. The van der Waals surface area contributed by atoms with Gasteiger partial charge in [-0.15, -0.1) is 5.11 Å². The Hall–Kier alpha value is -5.99. The fourth-order valence-electron chi connectivity index (χ4n) is 8.01. The van der Waals surface area contributed by atoms with E-state index in [4.69, 9.17) is 9.47 Å². The number of likely N-dealkylation sites (tertiary alicyclic amines) is 1. The highest BCUT2D eigenvalue weighted by atomic mass is 19.1. The summed E-state index contributed by atoms with van der Waals surface area (Å²) in [4.78, 5) is 71.7. The van der Waals surface area contributed by atoms with Crippen LogP contribution in [0.5, 0.6) is 0 Å². The Morgan fingerprint density at radius 1 is 0.794 bits per heavy atom. The second-order valence-corrected chi connectivity index (χ2v) is 18.7. The van der Waals surface area contributed by atoms with Gasteiger partial charge in [-0.05, 0) is 145 Å². The number of nitrogens with zero attached hydrogens (tertiary/aromatic N) is 4. The van der Waals surface area contributed by atoms with E-state index >= 15 is 4.39 Å². The summed E-state index contributed by atoms with van der Waals surface area (Å²) in [6.07, 6.45) is 3.47. The molecule has 1 saturated heterocycles. The molecule has 3 aromatic carbocycles. The van der Waals surface area contributed by atoms with E-state index in [0.29, 0.717) is 68.8 Å². The number of alkyl carbamates (subject to hydrolysis) is 1. The van der Waals surface area contributed by atoms with Gasteiger partial charge in [0, 0.05) is 55.2 Å². The number of piperidine rings is 1. The number of azo groups is 1. The topological polar surface area (TPSA) is 180 Å². The minimum absolute atomic E-state index is 0.0380. The summed E-state index contributed by atoms with van der Waals surface area (Å²) < 4.78 is 25.9. The highest BCUT2D eigenvalue weighted by Crippen LogP contribution is 2.32. The number of ether oxygens (including phenoxy) is 2. The van der Waals surface area contributed by atoms with Crippen LogP contribution in [-0.2, 0) is 25.5 Å². The van der Waals surface area contributed by atoms with Crippen LogP contribution in [0.2, 0.25) is 0 Å². The van der Waals surface area contributed by atoms with Crippen LogP contribution < -0.4 is 16.0 Å². The molecule has 3 aliphatic rings. The molecule has 0 bridgehead atoms. The van der Waals surface area contributed by atoms with Crippen molar-refractivity contribution < 1.29 is 37.8 Å². The smallest absolute Gasteiger partial charge is 0.410 e. The highest BCUT2D eigenvalue weighted by molar-refractivity contribution is 6.01. The molecule has 1 aliphatic carbocycles. The average Bonchev–Trinajstić information content (AvgIpc) is 3.78. The molecule has 2 heterocycles. The number of nitrogens with one attached hydrogen (secondary N) is 3. The number of carbonyl (C=O) groups excluding carboxylic acids is 5. The molecule has 3 aromatic rings. The van der Waals surface area contributed by atoms with E-state index in [1.165, 1.54) is 12.1 Å². The van der Waals surface area contributed by atoms with Gasteiger partial charge in [0.1, 0.15) is 22.8 Å². The van der Waals surface area contributed by atoms with E-state index in [-0.39, 0.29) is 48.2 Å². The van der Waals surface area contributed by atoms with Gasteiger partial charge in [-0.2, -0.15) is 5.11 Å². The number of aliphatic imine (C=N–C) groups is 1. The number of Topliss-reactive ketones (excluding diaryl/α,β-unsaturated/α-hetero) is 1. The van der Waals surface area contributed by atoms with Crippen LogP contribution in [0.3, 0.4) is 0 Å². The molecule has 0 radical (unpaired) electrons. The van der Waals surface area contributed by atoms with Crippen LogP contribution in [0, 0.1) is 23.6 Å². The van der Waals surface area contributed by atoms with Gasteiger partial charge in [0.25, 0.3) is 5.91 Å². The number of hydrogen-bond acceptors (Lipinski definition) is 10. The maximum absolute atomic E-state index is 15.1. The van der Waals surface area contributed by atoms with E-state index in [0.717, 1.165) is 29.5 Å². The molecule has 3 N–H and O–H groups in total. The highest BCUT2D eigenvalue weighted by Gasteiger charge is 2.32. The molecule has 1 atom stereocenters. The molecule has 2 aliphatic heterocycles. The molecule has 0 aromatic heterocycles. The van der Waals surface area contributed by atoms with Crippen molar-refractivity contribution in [3.63, 3.8) is 0 Å². The number of carbonyl (C=O) groups is 5. The first-order valence-corrected chi connectivity index (χ1v) is 21.9. The van der Waals surface area contributed by atoms with Gasteiger partial charge >= 0.3 is 12.2 Å². The first-order valence-electron chi connectivity index (χ1n) is 21.9. The lowest BCUT2D eigenvalue weighted by Gasteiger charge is -2.33. The number of hydrogen-bond donors (Lipinski definition) is 3. The van der Waals surface area contributed by atoms with E-state index in [1.807, 2.05) is 77.9 Å². The standard InChI is InChI=1S/C48H60FN7O7/c1-47(2,3)62-45(60)50-28-31-9-13-33(14-10-31)41(57)27-36(43(58)53-37-18-15-34(16-19-37)42-51-29-52-55-42)25-30-7-11-32(12-8-30)35-17-20-40(49)39(26-35)44(59)54-38-21-23-56(24-22-38)46(61)63-48(4,5)6/h7-8,11-12,15-20,26,31,33,36,38H,9-10,13-14,21-25,27-29H2,1-6H3,(H,50,60)(H,53,58)(H,54,59)/t31?,33?,36-/m1/s1. The van der Waals surface area contributed by atoms with Crippen molar-refractivity contribution in [2.45, 2.75) is 110 Å². The molecular formula is C48H60FN7O7. The van der Waals surface area contributed by atoms with Crippen LogP contribution >= 0.6 is 0 Å². The number of halogens is 1. The number of ketones is 1. The number of amidine groups is 1. The quantitative estimate of drug-likeness (QED) is 0.153. The second kappa shape index (κ2) is 20.5. The number of amides is 4. The minimum Gasteiger partial charge on any atom is -0.444 e. The molecule has 0 unspecified atom stereocenters. The van der Waals surface area contributed by atoms with E-state index in [9.17, 15) is 24.0 Å². The van der Waals surface area contributed by atoms with Crippen molar-refractivity contribution in [3.05, 3.63) is 89.2 Å². The lowest BCUT2D eigenvalue weighted by atomic mass is 9.77. The van der Waals surface area contributed by atoms with Gasteiger partial charge in [0.2, 0.25) is 5.91 Å². The van der Waals surface area contributed by atoms with Crippen molar-refractivity contribution in [3.8, 4) is 11.1 Å². The fourth-order valence-corrected chi connectivity index (χ4v) is 8.01. The van der Waals surface area contributed by atoms with Gasteiger partial charge < -0.3 is 30.3 Å². The average molecular weight is 866 g/mol. The van der Waals surface area contributed by atoms with Gasteiger partial charge in [-0.1, -0.05) is 30.3 Å². The Morgan fingerprint density at radius 2 is 1.43 bits per heavy atom. The molecular weight excluding hydrogens is 806 g/mol. The lowest BCUT2D eigenvalue weighted by Crippen LogP contribution is -2.47. The Bertz CT molecular complexity index is 2180. The first-order chi connectivity index (χ1) is 29.9. The van der Waals surface area contributed by atoms with Crippen LogP contribution in [0.25, 0.3) is 11.1 Å². The zero-order valence-corrected chi connectivity index (χ0v) is 37.2. The van der Waals surface area contributed by atoms with Gasteiger partial charge in [0.05, 0.1) is 5.56 Å². The maximum atomic E-state index is 15.1. The molecule has 6 rings (SSSR count). The molecule has 4 amide bonds. The Kier molecular flexibility index (Phi) is 15.1. The van der Waals surface area contributed by atoms with E-state index < -0.39 is 41.0 Å². The Labute approximate surface area is 368 Å². The van der Waals surface area contributed by atoms with E-state index in [1.54, 1.807) is 23.1 Å². The zero-order chi connectivity index (χ0) is 45.3. The van der Waals surface area contributed by atoms with Gasteiger partial charge in [0.15, 0.2) is 12.5 Å². The molecule has 336 valence electrons. The van der Waals surface area contributed by atoms with Crippen molar-refractivity contribution in [2.75, 3.05) is 31.6 Å². The summed E-state index contributed by atoms with van der Waals surface area (Å²) in [5, 5.41) is 16.7. The monoisotopic (exact) mass is 865 g/mol. The number of rotatable bonds is 13. The first kappa shape index (κ1) is 46.5. The fraction of sp³-hybridized carbons (Fsp3) is 0.500. The predicted molar refractivity (Wildman–Crippen MR) is 238 cm³/mol. The predicted octanol–water partition coefficient (Wildman–Crippen LogP) is 8.88. The third-order valence-electron chi connectivity index (χ3n) is 11.4. The SMILES string of the molecule is CC(C)(C)OC(=O)NCC1CCC(C(=O)C[C@@H](Cc2ccc(-c3ccc(F)c(C(=O)NC4CCN(C(=O)OC(C)(C)C)CC4)c3)cc2)C(=O)Nc2ccc(C3=NCN=N3)cc2)CC1. The van der Waals surface area contributed by atoms with Crippen LogP contribution in [0.15, 0.2) is 82.0 Å². The van der Waals surface area contributed by atoms with Crippen molar-refractivity contribution in [1.82, 2.24) is 15.5 Å². The number of benzene rings is 3. The van der Waals surface area contributed by atoms with Crippen LogP contribution in [-0.4, -0.2) is 84.1 Å². The van der Waals surface area contributed by atoms with Gasteiger partial charge in [-0.25, -0.2) is 19.0 Å². The largest absolute Gasteiger partial charge is 0.444 e. The molecule has 2 fully saturated rings. The Morgan fingerprint density at radius 3 is 2.05 bits per heavy atom. The minimum atomic E-state index is -0.667. The second-order valence-electron chi connectivity index (χ2n) is 18.7. The van der Waals surface area contributed by atoms with Crippen molar-refractivity contribution >= 4 is 41.3 Å². The Balaban J connectivity index is 1.09. The molecule has 1 saturated carbocycles. The summed E-state index contributed by atoms with van der Waals surface area (Å²) in [5.41, 5.74) is 2.31. The third-order valence-corrected chi connectivity index (χ3v) is 11.4. The molecule has 14 nitrogen and oxygen atoms in total. The van der Waals surface area contributed by atoms with Crippen LogP contribution in [0.4, 0.5) is 19.7 Å². The van der Waals surface area contributed by atoms with Crippen molar-refractivity contribution in [2.24, 2.45) is 33.0 Å². The third kappa shape index (κ3) is 13.7. The molecule has 15 heteroatoms. The lowest BCUT2D eigenvalue weighted by molar-refractivity contribution is -0.129. The summed E-state index contributed by atoms with van der Waals surface area (Å²) in [7, 11) is 0.